The fourth-order valence-electron chi connectivity index (χ4n) is 9.71. The Kier molecular flexibility index (Phi) is 64.7. The lowest BCUT2D eigenvalue weighted by Gasteiger charge is -2.18. The van der Waals surface area contributed by atoms with E-state index in [1.807, 2.05) is 0 Å². The molecule has 0 aliphatic rings. The third kappa shape index (κ3) is 65.1. The zero-order chi connectivity index (χ0) is 57.8. The molecule has 0 aromatic carbocycles. The Morgan fingerprint density at radius 3 is 0.775 bits per heavy atom. The van der Waals surface area contributed by atoms with Gasteiger partial charge in [0.05, 0.1) is 0 Å². The van der Waals surface area contributed by atoms with Crippen molar-refractivity contribution in [1.82, 2.24) is 0 Å². The molecule has 0 aliphatic carbocycles. The second kappa shape index (κ2) is 67.8. The van der Waals surface area contributed by atoms with Crippen molar-refractivity contribution < 1.29 is 28.6 Å². The highest BCUT2D eigenvalue weighted by molar-refractivity contribution is 5.71. The second-order valence-corrected chi connectivity index (χ2v) is 22.7. The largest absolute Gasteiger partial charge is 0.462 e. The summed E-state index contributed by atoms with van der Waals surface area (Å²) in [5.41, 5.74) is 0. The third-order valence-corrected chi connectivity index (χ3v) is 14.8. The predicted octanol–water partition coefficient (Wildman–Crippen LogP) is 23.6. The van der Waals surface area contributed by atoms with Crippen LogP contribution in [0.15, 0.2) is 97.2 Å². The van der Waals surface area contributed by atoms with Crippen molar-refractivity contribution in [3.63, 3.8) is 0 Å². The summed E-state index contributed by atoms with van der Waals surface area (Å²) in [5.74, 6) is -0.884. The van der Waals surface area contributed by atoms with Crippen LogP contribution in [0, 0.1) is 0 Å². The van der Waals surface area contributed by atoms with Crippen LogP contribution in [0.4, 0.5) is 0 Å². The van der Waals surface area contributed by atoms with Gasteiger partial charge in [-0.3, -0.25) is 14.4 Å². The minimum atomic E-state index is -0.786. The van der Waals surface area contributed by atoms with E-state index in [2.05, 4.69) is 118 Å². The van der Waals surface area contributed by atoms with Gasteiger partial charge in [-0.2, -0.15) is 0 Å². The normalized spacial score (nSPS) is 12.7. The number of carbonyl (C=O) groups is 3. The van der Waals surface area contributed by atoms with Gasteiger partial charge >= 0.3 is 17.9 Å². The average molecular weight is 1110 g/mol. The van der Waals surface area contributed by atoms with E-state index in [0.717, 1.165) is 116 Å². The highest BCUT2D eigenvalue weighted by Gasteiger charge is 2.19. The lowest BCUT2D eigenvalue weighted by molar-refractivity contribution is -0.167. The molecule has 0 radical (unpaired) electrons. The topological polar surface area (TPSA) is 78.9 Å². The minimum absolute atomic E-state index is 0.0820. The molecule has 1 unspecified atom stereocenters. The molecule has 0 saturated heterocycles. The maximum absolute atomic E-state index is 12.9. The quantitative estimate of drug-likeness (QED) is 0.0261. The van der Waals surface area contributed by atoms with Crippen LogP contribution in [0.2, 0.25) is 0 Å². The van der Waals surface area contributed by atoms with Gasteiger partial charge in [0.2, 0.25) is 0 Å². The van der Waals surface area contributed by atoms with Crippen LogP contribution in [-0.4, -0.2) is 37.2 Å². The molecule has 6 heteroatoms. The third-order valence-electron chi connectivity index (χ3n) is 14.8. The Morgan fingerprint density at radius 1 is 0.263 bits per heavy atom. The van der Waals surface area contributed by atoms with Crippen molar-refractivity contribution in [2.45, 2.75) is 341 Å². The van der Waals surface area contributed by atoms with Crippen molar-refractivity contribution in [3.05, 3.63) is 97.2 Å². The van der Waals surface area contributed by atoms with Crippen LogP contribution >= 0.6 is 0 Å². The predicted molar refractivity (Wildman–Crippen MR) is 348 cm³/mol. The molecule has 6 nitrogen and oxygen atoms in total. The van der Waals surface area contributed by atoms with Gasteiger partial charge in [-0.15, -0.1) is 0 Å². The van der Waals surface area contributed by atoms with Crippen LogP contribution in [-0.2, 0) is 28.6 Å². The molecule has 0 amide bonds. The van der Waals surface area contributed by atoms with Gasteiger partial charge in [-0.25, -0.2) is 0 Å². The highest BCUT2D eigenvalue weighted by atomic mass is 16.6. The summed E-state index contributed by atoms with van der Waals surface area (Å²) in [6.07, 6.45) is 91.3. The maximum atomic E-state index is 12.9. The fourth-order valence-corrected chi connectivity index (χ4v) is 9.71. The molecule has 0 fully saturated rings. The van der Waals surface area contributed by atoms with Crippen molar-refractivity contribution >= 4 is 17.9 Å². The lowest BCUT2D eigenvalue weighted by Crippen LogP contribution is -2.30. The monoisotopic (exact) mass is 1110 g/mol. The van der Waals surface area contributed by atoms with E-state index < -0.39 is 6.10 Å². The second-order valence-electron chi connectivity index (χ2n) is 22.7. The van der Waals surface area contributed by atoms with Gasteiger partial charge in [0, 0.05) is 19.3 Å². The standard InChI is InChI=1S/C74H128O6/c1-4-7-10-13-16-19-22-25-28-31-32-33-34-35-36-37-38-39-40-41-42-44-46-49-52-55-58-61-64-67-73(76)79-70-71(69-78-72(75)66-63-60-57-54-51-48-45-30-27-24-21-18-15-12-9-6-3)80-74(77)68-65-62-59-56-53-50-47-43-29-26-23-20-17-14-11-8-5-2/h7,10,16,19,25,28,30,32-33,35-36,38-39,41-42,45,71H,4-6,8-9,11-15,17-18,20-24,26-27,29,31,34,37,40,43-44,46-70H2,1-3H3/b10-7-,19-16-,28-25-,33-32-,36-35-,39-38-,42-41-,45-30-. The van der Waals surface area contributed by atoms with E-state index in [9.17, 15) is 14.4 Å². The van der Waals surface area contributed by atoms with Crippen LogP contribution in [0.3, 0.4) is 0 Å². The molecular formula is C74H128O6. The summed E-state index contributed by atoms with van der Waals surface area (Å²) >= 11 is 0. The summed E-state index contributed by atoms with van der Waals surface area (Å²) in [6.45, 7) is 6.55. The van der Waals surface area contributed by atoms with Crippen molar-refractivity contribution in [3.8, 4) is 0 Å². The van der Waals surface area contributed by atoms with Gasteiger partial charge < -0.3 is 14.2 Å². The number of hydrogen-bond acceptors (Lipinski definition) is 6. The molecule has 0 rings (SSSR count). The summed E-state index contributed by atoms with van der Waals surface area (Å²) in [7, 11) is 0. The van der Waals surface area contributed by atoms with E-state index in [1.54, 1.807) is 0 Å². The van der Waals surface area contributed by atoms with E-state index in [1.165, 1.54) is 180 Å². The molecule has 0 N–H and O–H groups in total. The van der Waals surface area contributed by atoms with E-state index in [0.29, 0.717) is 19.3 Å². The minimum Gasteiger partial charge on any atom is -0.462 e. The number of rotatable bonds is 62. The lowest BCUT2D eigenvalue weighted by atomic mass is 10.0. The summed E-state index contributed by atoms with van der Waals surface area (Å²) in [4.78, 5) is 38.4. The smallest absolute Gasteiger partial charge is 0.306 e. The first-order valence-electron chi connectivity index (χ1n) is 34.2. The van der Waals surface area contributed by atoms with Gasteiger partial charge in [-0.05, 0) is 103 Å². The molecule has 0 bridgehead atoms. The van der Waals surface area contributed by atoms with Crippen LogP contribution in [0.25, 0.3) is 0 Å². The van der Waals surface area contributed by atoms with Crippen LogP contribution in [0.5, 0.6) is 0 Å². The van der Waals surface area contributed by atoms with Gasteiger partial charge in [0.15, 0.2) is 6.10 Å². The van der Waals surface area contributed by atoms with Crippen LogP contribution < -0.4 is 0 Å². The molecule has 0 aliphatic heterocycles. The van der Waals surface area contributed by atoms with Gasteiger partial charge in [0.1, 0.15) is 13.2 Å². The molecule has 80 heavy (non-hydrogen) atoms. The molecule has 0 saturated carbocycles. The Hall–Kier alpha value is -3.67. The number of ether oxygens (including phenoxy) is 3. The number of esters is 3. The Bertz CT molecular complexity index is 1560. The first kappa shape index (κ1) is 76.3. The zero-order valence-electron chi connectivity index (χ0n) is 52.8. The molecule has 0 heterocycles. The maximum Gasteiger partial charge on any atom is 0.306 e. The van der Waals surface area contributed by atoms with E-state index in [-0.39, 0.29) is 31.1 Å². The van der Waals surface area contributed by atoms with Crippen molar-refractivity contribution in [2.24, 2.45) is 0 Å². The van der Waals surface area contributed by atoms with E-state index >= 15 is 0 Å². The number of carbonyl (C=O) groups excluding carboxylic acids is 3. The fraction of sp³-hybridized carbons (Fsp3) is 0.743. The Balaban J connectivity index is 4.35. The van der Waals surface area contributed by atoms with Gasteiger partial charge in [0.25, 0.3) is 0 Å². The summed E-state index contributed by atoms with van der Waals surface area (Å²) in [5, 5.41) is 0. The molecule has 460 valence electrons. The first-order valence-corrected chi connectivity index (χ1v) is 34.2. The first-order chi connectivity index (χ1) is 39.5. The molecule has 0 aromatic heterocycles. The average Bonchev–Trinajstić information content (AvgIpc) is 3.46. The Morgan fingerprint density at radius 2 is 0.487 bits per heavy atom. The summed E-state index contributed by atoms with van der Waals surface area (Å²) in [6, 6.07) is 0. The zero-order valence-corrected chi connectivity index (χ0v) is 52.8. The molecule has 0 aromatic rings. The highest BCUT2D eigenvalue weighted by Crippen LogP contribution is 2.17. The number of allylic oxidation sites excluding steroid dienone is 16. The molecular weight excluding hydrogens is 985 g/mol. The summed E-state index contributed by atoms with van der Waals surface area (Å²) < 4.78 is 17.0. The number of unbranched alkanes of at least 4 members (excludes halogenated alkanes) is 35. The van der Waals surface area contributed by atoms with Gasteiger partial charge in [-0.1, -0.05) is 311 Å². The molecule has 0 spiro atoms. The number of hydrogen-bond donors (Lipinski definition) is 0. The van der Waals surface area contributed by atoms with Crippen molar-refractivity contribution in [1.29, 1.82) is 0 Å². The SMILES string of the molecule is CC/C=C\C/C=C\C/C=C\C/C=C\C/C=C\C/C=C\C/C=C\CCCCCCCCCC(=O)OCC(COC(=O)CCCCCCC/C=C\CCCCCCCCC)OC(=O)CCCCCCCCCCCCCCCCCCC. The van der Waals surface area contributed by atoms with Crippen molar-refractivity contribution in [2.75, 3.05) is 13.2 Å². The van der Waals surface area contributed by atoms with E-state index in [4.69, 9.17) is 14.2 Å². The van der Waals surface area contributed by atoms with Crippen LogP contribution in [0.1, 0.15) is 335 Å². The molecule has 1 atom stereocenters. The Labute approximate surface area is 496 Å².